The van der Waals surface area contributed by atoms with Crippen LogP contribution >= 0.6 is 11.6 Å². The van der Waals surface area contributed by atoms with Gasteiger partial charge in [-0.15, -0.1) is 0 Å². The molecule has 1 heterocycles. The summed E-state index contributed by atoms with van der Waals surface area (Å²) in [6.07, 6.45) is 0.260. The first-order chi connectivity index (χ1) is 12.4. The van der Waals surface area contributed by atoms with Crippen molar-refractivity contribution >= 4 is 21.4 Å². The summed E-state index contributed by atoms with van der Waals surface area (Å²) < 4.78 is 60.4. The van der Waals surface area contributed by atoms with E-state index in [0.717, 1.165) is 12.1 Å². The van der Waals surface area contributed by atoms with Crippen molar-refractivity contribution in [3.8, 4) is 11.8 Å². The molecule has 136 valence electrons. The van der Waals surface area contributed by atoms with E-state index in [2.05, 4.69) is 0 Å². The summed E-state index contributed by atoms with van der Waals surface area (Å²) in [5, 5.41) is 7.84. The largest absolute Gasteiger partial charge is 0.490 e. The summed E-state index contributed by atoms with van der Waals surface area (Å²) in [5.41, 5.74) is -0.325. The number of nitriles is 1. The number of fused-ring (bicyclic) bond motifs is 1. The lowest BCUT2D eigenvalue weighted by Gasteiger charge is -2.33. The van der Waals surface area contributed by atoms with Crippen molar-refractivity contribution in [3.05, 3.63) is 58.6 Å². The Morgan fingerprint density at radius 2 is 1.81 bits per heavy atom. The van der Waals surface area contributed by atoms with Crippen molar-refractivity contribution in [2.75, 3.05) is 6.61 Å². The van der Waals surface area contributed by atoms with Gasteiger partial charge in [0.2, 0.25) is 0 Å². The highest BCUT2D eigenvalue weighted by Gasteiger charge is 2.43. The van der Waals surface area contributed by atoms with Crippen LogP contribution in [0.1, 0.15) is 23.7 Å². The SMILES string of the molecule is N#CCCC1COc2c(F)ccc(F)c2C1S(=O)(=O)c1ccc(Cl)cc1. The molecule has 2 aromatic rings. The molecule has 4 nitrogen and oxygen atoms in total. The number of sulfone groups is 1. The van der Waals surface area contributed by atoms with Gasteiger partial charge in [0.25, 0.3) is 0 Å². The molecule has 0 bridgehead atoms. The summed E-state index contributed by atoms with van der Waals surface area (Å²) in [6, 6.07) is 9.22. The van der Waals surface area contributed by atoms with Crippen LogP contribution in [-0.2, 0) is 9.84 Å². The fourth-order valence-electron chi connectivity index (χ4n) is 3.14. The number of nitrogens with zero attached hydrogens (tertiary/aromatic N) is 1. The van der Waals surface area contributed by atoms with E-state index < -0.39 is 32.6 Å². The van der Waals surface area contributed by atoms with Crippen LogP contribution < -0.4 is 4.74 Å². The van der Waals surface area contributed by atoms with Gasteiger partial charge in [-0.1, -0.05) is 11.6 Å². The van der Waals surface area contributed by atoms with Crippen LogP contribution in [-0.4, -0.2) is 15.0 Å². The molecular formula is C18H14ClF2NO3S. The highest BCUT2D eigenvalue weighted by atomic mass is 35.5. The van der Waals surface area contributed by atoms with Crippen LogP contribution in [0.5, 0.6) is 5.75 Å². The maximum Gasteiger partial charge on any atom is 0.186 e. The van der Waals surface area contributed by atoms with Gasteiger partial charge in [0.1, 0.15) is 11.1 Å². The van der Waals surface area contributed by atoms with E-state index in [9.17, 15) is 17.2 Å². The molecule has 26 heavy (non-hydrogen) atoms. The number of halogens is 3. The number of benzene rings is 2. The number of hydrogen-bond acceptors (Lipinski definition) is 4. The Morgan fingerprint density at radius 3 is 2.46 bits per heavy atom. The second kappa shape index (κ2) is 7.22. The first kappa shape index (κ1) is 18.6. The third kappa shape index (κ3) is 3.27. The molecule has 0 aromatic heterocycles. The molecule has 0 amide bonds. The Morgan fingerprint density at radius 1 is 1.15 bits per heavy atom. The molecule has 0 saturated carbocycles. The molecule has 0 aliphatic carbocycles. The van der Waals surface area contributed by atoms with Crippen molar-refractivity contribution in [2.24, 2.45) is 5.92 Å². The van der Waals surface area contributed by atoms with Crippen molar-refractivity contribution in [1.82, 2.24) is 0 Å². The third-order valence-electron chi connectivity index (χ3n) is 4.35. The van der Waals surface area contributed by atoms with Crippen LogP contribution in [0.4, 0.5) is 8.78 Å². The van der Waals surface area contributed by atoms with Crippen LogP contribution in [0, 0.1) is 28.9 Å². The maximum atomic E-state index is 14.5. The number of rotatable bonds is 4. The Hall–Kier alpha value is -2.17. The van der Waals surface area contributed by atoms with E-state index in [4.69, 9.17) is 21.6 Å². The fourth-order valence-corrected chi connectivity index (χ4v) is 5.32. The zero-order chi connectivity index (χ0) is 18.9. The molecule has 1 aliphatic rings. The molecule has 0 radical (unpaired) electrons. The van der Waals surface area contributed by atoms with E-state index in [0.29, 0.717) is 5.02 Å². The first-order valence-electron chi connectivity index (χ1n) is 7.83. The van der Waals surface area contributed by atoms with Gasteiger partial charge >= 0.3 is 0 Å². The van der Waals surface area contributed by atoms with Crippen molar-refractivity contribution in [2.45, 2.75) is 23.0 Å². The normalized spacial score (nSPS) is 19.3. The summed E-state index contributed by atoms with van der Waals surface area (Å²) in [5.74, 6) is -2.75. The van der Waals surface area contributed by atoms with Gasteiger partial charge in [-0.25, -0.2) is 17.2 Å². The number of hydrogen-bond donors (Lipinski definition) is 0. The van der Waals surface area contributed by atoms with E-state index in [1.807, 2.05) is 6.07 Å². The maximum absolute atomic E-state index is 14.5. The van der Waals surface area contributed by atoms with E-state index in [1.165, 1.54) is 24.3 Å². The van der Waals surface area contributed by atoms with E-state index in [-0.39, 0.29) is 35.7 Å². The lowest BCUT2D eigenvalue weighted by Crippen LogP contribution is -2.32. The van der Waals surface area contributed by atoms with Crippen molar-refractivity contribution in [3.63, 3.8) is 0 Å². The predicted molar refractivity (Wildman–Crippen MR) is 91.6 cm³/mol. The molecule has 1 aliphatic heterocycles. The van der Waals surface area contributed by atoms with Crippen LogP contribution in [0.2, 0.25) is 5.02 Å². The lowest BCUT2D eigenvalue weighted by atomic mass is 9.92. The molecule has 0 saturated heterocycles. The molecule has 3 rings (SSSR count). The summed E-state index contributed by atoms with van der Waals surface area (Å²) in [7, 11) is -4.07. The Kier molecular flexibility index (Phi) is 5.17. The zero-order valence-corrected chi connectivity index (χ0v) is 15.0. The summed E-state index contributed by atoms with van der Waals surface area (Å²) in [6.45, 7) is -0.119. The second-order valence-corrected chi connectivity index (χ2v) is 8.47. The van der Waals surface area contributed by atoms with Gasteiger partial charge < -0.3 is 4.74 Å². The molecule has 0 fully saturated rings. The average molecular weight is 398 g/mol. The lowest BCUT2D eigenvalue weighted by molar-refractivity contribution is 0.196. The van der Waals surface area contributed by atoms with Crippen molar-refractivity contribution in [1.29, 1.82) is 5.26 Å². The van der Waals surface area contributed by atoms with E-state index in [1.54, 1.807) is 0 Å². The highest BCUT2D eigenvalue weighted by molar-refractivity contribution is 7.91. The minimum atomic E-state index is -4.07. The molecule has 0 spiro atoms. The standard InChI is InChI=1S/C18H14ClF2NO3S/c19-12-3-5-13(6-4-12)26(23,24)18-11(2-1-9-22)10-25-17-15(21)8-7-14(20)16(17)18/h3-8,11,18H,1-2,10H2. The minimum Gasteiger partial charge on any atom is -0.490 e. The monoisotopic (exact) mass is 397 g/mol. The zero-order valence-electron chi connectivity index (χ0n) is 13.5. The molecule has 2 aromatic carbocycles. The average Bonchev–Trinajstić information content (AvgIpc) is 2.62. The van der Waals surface area contributed by atoms with Crippen molar-refractivity contribution < 1.29 is 21.9 Å². The predicted octanol–water partition coefficient (Wildman–Crippen LogP) is 4.45. The van der Waals surface area contributed by atoms with Crippen LogP contribution in [0.15, 0.2) is 41.3 Å². The molecule has 2 unspecified atom stereocenters. The molecule has 0 N–H and O–H groups in total. The van der Waals surface area contributed by atoms with Gasteiger partial charge in [-0.3, -0.25) is 0 Å². The highest BCUT2D eigenvalue weighted by Crippen LogP contribution is 2.47. The van der Waals surface area contributed by atoms with Crippen LogP contribution in [0.25, 0.3) is 0 Å². The topological polar surface area (TPSA) is 67.2 Å². The second-order valence-electron chi connectivity index (χ2n) is 5.96. The van der Waals surface area contributed by atoms with Gasteiger partial charge in [-0.05, 0) is 42.8 Å². The van der Waals surface area contributed by atoms with Gasteiger partial charge in [0.05, 0.1) is 23.1 Å². The fraction of sp³-hybridized carbons (Fsp3) is 0.278. The van der Waals surface area contributed by atoms with Crippen LogP contribution in [0.3, 0.4) is 0 Å². The molecule has 8 heteroatoms. The molecular weight excluding hydrogens is 384 g/mol. The van der Waals surface area contributed by atoms with Gasteiger partial charge in [0.15, 0.2) is 21.4 Å². The summed E-state index contributed by atoms with van der Waals surface area (Å²) >= 11 is 5.81. The van der Waals surface area contributed by atoms with Gasteiger partial charge in [-0.2, -0.15) is 5.26 Å². The third-order valence-corrected chi connectivity index (χ3v) is 6.82. The Bertz CT molecular complexity index is 971. The smallest absolute Gasteiger partial charge is 0.186 e. The summed E-state index contributed by atoms with van der Waals surface area (Å²) in [4.78, 5) is -0.0506. The minimum absolute atomic E-state index is 0.0506. The number of ether oxygens (including phenoxy) is 1. The Labute approximate surface area is 154 Å². The Balaban J connectivity index is 2.18. The van der Waals surface area contributed by atoms with Gasteiger partial charge in [0, 0.05) is 17.4 Å². The van der Waals surface area contributed by atoms with E-state index >= 15 is 0 Å². The molecule has 2 atom stereocenters. The quantitative estimate of drug-likeness (QED) is 0.764. The first-order valence-corrected chi connectivity index (χ1v) is 9.75.